The summed E-state index contributed by atoms with van der Waals surface area (Å²) in [6.07, 6.45) is 4.57. The van der Waals surface area contributed by atoms with E-state index in [4.69, 9.17) is 9.25 Å². The number of nitrogens with one attached hydrogen (secondary N) is 1. The molecule has 1 fully saturated rings. The quantitative estimate of drug-likeness (QED) is 0.0716. The topological polar surface area (TPSA) is 206 Å². The van der Waals surface area contributed by atoms with Gasteiger partial charge in [-0.05, 0) is 43.2 Å². The van der Waals surface area contributed by atoms with E-state index in [0.717, 1.165) is 22.2 Å². The van der Waals surface area contributed by atoms with Crippen LogP contribution < -0.4 is 44.8 Å². The normalized spacial score (nSPS) is 16.7. The number of unbranched alkanes of at least 4 members (excludes halogenated alkanes) is 2. The number of carbonyl (C=O) groups excluding carboxylic acids is 3. The van der Waals surface area contributed by atoms with Gasteiger partial charge in [0, 0.05) is 79.1 Å². The molecule has 2 amide bonds. The third-order valence-corrected chi connectivity index (χ3v) is 9.65. The summed E-state index contributed by atoms with van der Waals surface area (Å²) >= 11 is 0. The van der Waals surface area contributed by atoms with Crippen molar-refractivity contribution >= 4 is 44.1 Å². The molecule has 1 N–H and O–H groups in total. The van der Waals surface area contributed by atoms with Gasteiger partial charge in [0.2, 0.25) is 5.36 Å². The summed E-state index contributed by atoms with van der Waals surface area (Å²) in [7, 11) is -8.68. The predicted octanol–water partition coefficient (Wildman–Crippen LogP) is -1.19. The molecule has 0 radical (unpaired) electrons. The first-order valence-electron chi connectivity index (χ1n) is 15.6. The van der Waals surface area contributed by atoms with Crippen molar-refractivity contribution in [3.05, 3.63) is 46.6 Å². The number of rotatable bonds is 16. The molecule has 0 bridgehead atoms. The number of allylic oxidation sites excluding steroid dienone is 1. The van der Waals surface area contributed by atoms with E-state index in [1.165, 1.54) is 0 Å². The molecule has 4 rings (SSSR count). The van der Waals surface area contributed by atoms with Crippen LogP contribution in [-0.4, -0.2) is 79.9 Å². The minimum absolute atomic E-state index is 0. The second kappa shape index (κ2) is 16.9. The zero-order valence-corrected chi connectivity index (χ0v) is 31.1. The molecule has 1 saturated heterocycles. The number of hydrogen-bond donors (Lipinski definition) is 1. The SMILES string of the molecule is CC1(C)CC(NCCCS(=O)(=O)[O-])=Cc2oc3cc(=[N+](CCCCCC(=O)ON4C(=O)CCC4=O)CCCS(=O)(=O)[O-])ccc-3cc21.[Na+]. The van der Waals surface area contributed by atoms with Gasteiger partial charge in [0.25, 0.3) is 11.8 Å². The van der Waals surface area contributed by atoms with Crippen LogP contribution in [0, 0.1) is 0 Å². The summed E-state index contributed by atoms with van der Waals surface area (Å²) < 4.78 is 74.9. The maximum Gasteiger partial charge on any atom is 1.00 e. The second-order valence-corrected chi connectivity index (χ2v) is 15.5. The first-order valence-corrected chi connectivity index (χ1v) is 18.7. The maximum atomic E-state index is 12.1. The summed E-state index contributed by atoms with van der Waals surface area (Å²) in [5, 5.41) is 4.50. The van der Waals surface area contributed by atoms with E-state index in [-0.39, 0.29) is 67.1 Å². The standard InChI is InChI=1S/C31H41N3O11S2.Na/c1-31(2)21-23(32-13-6-16-46(38,39)40)19-27-25(31)18-22-9-10-24(20-26(22)44-27)33(15-7-17-47(41,42)43)14-5-3-4-8-30(37)45-34-28(35)11-12-29(34)36;/h9-10,18-20H,3-8,11-17,21H2,1-2H3,(H2,38,39,40,41,42,43);/q;+1/p-1. The Kier molecular flexibility index (Phi) is 14.0. The van der Waals surface area contributed by atoms with Crippen LogP contribution in [0.2, 0.25) is 0 Å². The van der Waals surface area contributed by atoms with Gasteiger partial charge in [-0.3, -0.25) is 9.59 Å². The van der Waals surface area contributed by atoms with E-state index >= 15 is 0 Å². The summed E-state index contributed by atoms with van der Waals surface area (Å²) in [6.45, 7) is 5.26. The summed E-state index contributed by atoms with van der Waals surface area (Å²) in [5.41, 5.74) is 2.42. The van der Waals surface area contributed by atoms with Gasteiger partial charge in [0.1, 0.15) is 24.6 Å². The number of benzene rings is 1. The summed E-state index contributed by atoms with van der Waals surface area (Å²) in [6, 6.07) is 7.73. The molecule has 0 aromatic rings. The molecule has 17 heteroatoms. The van der Waals surface area contributed by atoms with Crippen LogP contribution in [0.3, 0.4) is 0 Å². The predicted molar refractivity (Wildman–Crippen MR) is 168 cm³/mol. The van der Waals surface area contributed by atoms with Crippen molar-refractivity contribution in [3.8, 4) is 11.3 Å². The molecule has 2 heterocycles. The fraction of sp³-hybridized carbons (Fsp3) is 0.548. The number of imide groups is 1. The van der Waals surface area contributed by atoms with E-state index in [0.29, 0.717) is 61.9 Å². The Morgan fingerprint density at radius 2 is 1.60 bits per heavy atom. The van der Waals surface area contributed by atoms with Gasteiger partial charge in [-0.1, -0.05) is 13.8 Å². The summed E-state index contributed by atoms with van der Waals surface area (Å²) in [4.78, 5) is 40.3. The third-order valence-electron chi connectivity index (χ3n) is 8.07. The van der Waals surface area contributed by atoms with Crippen LogP contribution in [0.15, 0.2) is 34.4 Å². The molecule has 2 aliphatic heterocycles. The number of fused-ring (bicyclic) bond motifs is 2. The van der Waals surface area contributed by atoms with E-state index < -0.39 is 49.5 Å². The monoisotopic (exact) mass is 717 g/mol. The smallest absolute Gasteiger partial charge is 0.748 e. The fourth-order valence-electron chi connectivity index (χ4n) is 5.71. The molecule has 2 aliphatic carbocycles. The molecule has 0 atom stereocenters. The van der Waals surface area contributed by atoms with Crippen molar-refractivity contribution in [1.29, 1.82) is 0 Å². The molecule has 48 heavy (non-hydrogen) atoms. The van der Waals surface area contributed by atoms with Crippen molar-refractivity contribution in [3.63, 3.8) is 0 Å². The third kappa shape index (κ3) is 11.8. The zero-order valence-electron chi connectivity index (χ0n) is 27.5. The van der Waals surface area contributed by atoms with Crippen LogP contribution in [0.25, 0.3) is 17.4 Å². The molecule has 0 spiro atoms. The number of hydroxylamine groups is 2. The van der Waals surface area contributed by atoms with Gasteiger partial charge in [0.15, 0.2) is 0 Å². The van der Waals surface area contributed by atoms with Crippen LogP contribution in [-0.2, 0) is 44.9 Å². The van der Waals surface area contributed by atoms with E-state index in [9.17, 15) is 40.3 Å². The molecular weight excluding hydrogens is 677 g/mol. The number of nitrogens with zero attached hydrogens (tertiary/aromatic N) is 2. The van der Waals surface area contributed by atoms with Crippen LogP contribution in [0.1, 0.15) is 83.0 Å². The zero-order chi connectivity index (χ0) is 34.4. The largest absolute Gasteiger partial charge is 1.00 e. The molecule has 14 nitrogen and oxygen atoms in total. The van der Waals surface area contributed by atoms with Gasteiger partial charge in [-0.25, -0.2) is 26.2 Å². The van der Waals surface area contributed by atoms with Crippen molar-refractivity contribution in [1.82, 2.24) is 15.0 Å². The average Bonchev–Trinajstić information content (AvgIpc) is 3.28. The van der Waals surface area contributed by atoms with Gasteiger partial charge in [0.05, 0.1) is 26.3 Å². The molecule has 0 aromatic carbocycles. The minimum atomic E-state index is -4.39. The van der Waals surface area contributed by atoms with Gasteiger partial charge < -0.3 is 23.7 Å². The second-order valence-electron chi connectivity index (χ2n) is 12.5. The summed E-state index contributed by atoms with van der Waals surface area (Å²) in [5.74, 6) is -1.48. The number of carbonyl (C=O) groups is 3. The first kappa shape index (κ1) is 39.8. The Morgan fingerprint density at radius 3 is 2.27 bits per heavy atom. The van der Waals surface area contributed by atoms with E-state index in [2.05, 4.69) is 25.2 Å². The van der Waals surface area contributed by atoms with Crippen LogP contribution in [0.5, 0.6) is 0 Å². The van der Waals surface area contributed by atoms with Crippen LogP contribution >= 0.6 is 0 Å². The minimum Gasteiger partial charge on any atom is -0.748 e. The van der Waals surface area contributed by atoms with Gasteiger partial charge in [-0.15, -0.1) is 5.06 Å². The molecule has 0 saturated carbocycles. The van der Waals surface area contributed by atoms with Crippen LogP contribution in [0.4, 0.5) is 0 Å². The average molecular weight is 718 g/mol. The Balaban J connectivity index is 0.00000625. The fourth-order valence-corrected chi connectivity index (χ4v) is 6.69. The van der Waals surface area contributed by atoms with Crippen molar-refractivity contribution < 1.29 is 79.1 Å². The molecule has 258 valence electrons. The molecular formula is C31H40N3NaO11S2. The van der Waals surface area contributed by atoms with Crippen molar-refractivity contribution in [2.24, 2.45) is 0 Å². The molecule has 4 aliphatic rings. The van der Waals surface area contributed by atoms with E-state index in [1.54, 1.807) is 0 Å². The number of amides is 2. The Labute approximate surface area is 302 Å². The van der Waals surface area contributed by atoms with Crippen molar-refractivity contribution in [2.45, 2.75) is 77.0 Å². The maximum absolute atomic E-state index is 12.1. The Hall–Kier alpha value is -2.60. The number of hydrogen-bond acceptors (Lipinski definition) is 12. The van der Waals surface area contributed by atoms with Gasteiger partial charge >= 0.3 is 35.5 Å². The van der Waals surface area contributed by atoms with E-state index in [1.807, 2.05) is 28.9 Å². The first-order chi connectivity index (χ1) is 22.0. The molecule has 0 aromatic heterocycles. The Morgan fingerprint density at radius 1 is 0.958 bits per heavy atom. The van der Waals surface area contributed by atoms with Crippen molar-refractivity contribution in [2.75, 3.05) is 31.1 Å². The van der Waals surface area contributed by atoms with Gasteiger partial charge in [-0.2, -0.15) is 0 Å². The molecule has 0 unspecified atom stereocenters. The Bertz CT molecular complexity index is 1790.